The van der Waals surface area contributed by atoms with Crippen LogP contribution in [-0.4, -0.2) is 15.9 Å². The van der Waals surface area contributed by atoms with E-state index in [4.69, 9.17) is 0 Å². The van der Waals surface area contributed by atoms with Crippen LogP contribution in [0.3, 0.4) is 0 Å². The summed E-state index contributed by atoms with van der Waals surface area (Å²) in [6.45, 7) is 3.04. The average molecular weight is 340 g/mol. The SMILES string of the molecule is CC1CCCC(c2cc3cc(F)ccc3[nH]2)N1Cc1ccc(F)cc1. The minimum absolute atomic E-state index is 0.204. The fourth-order valence-electron chi connectivity index (χ4n) is 3.95. The number of halogens is 2. The minimum atomic E-state index is -0.210. The largest absolute Gasteiger partial charge is 0.357 e. The maximum atomic E-state index is 13.5. The van der Waals surface area contributed by atoms with Gasteiger partial charge < -0.3 is 4.98 Å². The zero-order chi connectivity index (χ0) is 17.4. The van der Waals surface area contributed by atoms with Crippen molar-refractivity contribution in [2.75, 3.05) is 0 Å². The van der Waals surface area contributed by atoms with Gasteiger partial charge in [-0.25, -0.2) is 8.78 Å². The lowest BCUT2D eigenvalue weighted by Gasteiger charge is -2.40. The second kappa shape index (κ2) is 6.60. The van der Waals surface area contributed by atoms with Crippen molar-refractivity contribution >= 4 is 10.9 Å². The summed E-state index contributed by atoms with van der Waals surface area (Å²) in [5.41, 5.74) is 3.22. The van der Waals surface area contributed by atoms with Crippen molar-refractivity contribution in [3.05, 3.63) is 71.4 Å². The first-order chi connectivity index (χ1) is 12.1. The minimum Gasteiger partial charge on any atom is -0.357 e. The third kappa shape index (κ3) is 3.31. The molecule has 2 unspecified atom stereocenters. The van der Waals surface area contributed by atoms with E-state index in [0.717, 1.165) is 41.5 Å². The number of fused-ring (bicyclic) bond motifs is 1. The molecule has 2 nitrogen and oxygen atoms in total. The Morgan fingerprint density at radius 3 is 2.56 bits per heavy atom. The predicted octanol–water partition coefficient (Wildman–Crippen LogP) is 5.56. The van der Waals surface area contributed by atoms with Gasteiger partial charge in [0, 0.05) is 29.2 Å². The Morgan fingerprint density at radius 2 is 1.76 bits per heavy atom. The van der Waals surface area contributed by atoms with Crippen molar-refractivity contribution in [2.45, 2.75) is 44.8 Å². The normalized spacial score (nSPS) is 21.7. The van der Waals surface area contributed by atoms with Crippen molar-refractivity contribution in [2.24, 2.45) is 0 Å². The van der Waals surface area contributed by atoms with Crippen LogP contribution in [0, 0.1) is 11.6 Å². The highest BCUT2D eigenvalue weighted by Gasteiger charge is 2.30. The van der Waals surface area contributed by atoms with Gasteiger partial charge in [0.25, 0.3) is 0 Å². The molecule has 1 saturated heterocycles. The van der Waals surface area contributed by atoms with Crippen LogP contribution < -0.4 is 0 Å². The number of rotatable bonds is 3. The number of H-pyrrole nitrogens is 1. The second-order valence-corrected chi connectivity index (χ2v) is 7.05. The van der Waals surface area contributed by atoms with Crippen LogP contribution in [0.2, 0.25) is 0 Å². The van der Waals surface area contributed by atoms with Crippen LogP contribution in [-0.2, 0) is 6.54 Å². The summed E-state index contributed by atoms with van der Waals surface area (Å²) in [7, 11) is 0. The fourth-order valence-corrected chi connectivity index (χ4v) is 3.95. The van der Waals surface area contributed by atoms with Crippen LogP contribution >= 0.6 is 0 Å². The summed E-state index contributed by atoms with van der Waals surface area (Å²) in [6.07, 6.45) is 3.41. The quantitative estimate of drug-likeness (QED) is 0.661. The highest BCUT2D eigenvalue weighted by Crippen LogP contribution is 2.36. The lowest BCUT2D eigenvalue weighted by molar-refractivity contribution is 0.0822. The zero-order valence-electron chi connectivity index (χ0n) is 14.3. The number of aromatic amines is 1. The molecule has 4 heteroatoms. The molecular formula is C21H22F2N2. The lowest BCUT2D eigenvalue weighted by atomic mass is 9.93. The molecule has 1 N–H and O–H groups in total. The summed E-state index contributed by atoms with van der Waals surface area (Å²) in [5, 5.41) is 0.912. The molecule has 4 rings (SSSR count). The summed E-state index contributed by atoms with van der Waals surface area (Å²) in [6, 6.07) is 14.4. The molecule has 0 aliphatic carbocycles. The molecule has 0 saturated carbocycles. The van der Waals surface area contributed by atoms with Gasteiger partial charge in [-0.2, -0.15) is 0 Å². The van der Waals surface area contributed by atoms with Crippen molar-refractivity contribution in [1.29, 1.82) is 0 Å². The van der Waals surface area contributed by atoms with Gasteiger partial charge >= 0.3 is 0 Å². The molecular weight excluding hydrogens is 318 g/mol. The zero-order valence-corrected chi connectivity index (χ0v) is 14.3. The van der Waals surface area contributed by atoms with E-state index >= 15 is 0 Å². The van der Waals surface area contributed by atoms with E-state index in [9.17, 15) is 8.78 Å². The number of benzene rings is 2. The summed E-state index contributed by atoms with van der Waals surface area (Å²) >= 11 is 0. The average Bonchev–Trinajstić information content (AvgIpc) is 3.01. The van der Waals surface area contributed by atoms with E-state index in [1.165, 1.54) is 24.6 Å². The monoisotopic (exact) mass is 340 g/mol. The van der Waals surface area contributed by atoms with Crippen LogP contribution in [0.4, 0.5) is 8.78 Å². The molecule has 0 radical (unpaired) electrons. The smallest absolute Gasteiger partial charge is 0.123 e. The lowest BCUT2D eigenvalue weighted by Crippen LogP contribution is -2.39. The third-order valence-corrected chi connectivity index (χ3v) is 5.31. The first kappa shape index (κ1) is 16.3. The Labute approximate surface area is 146 Å². The molecule has 25 heavy (non-hydrogen) atoms. The molecule has 1 aromatic heterocycles. The van der Waals surface area contributed by atoms with Crippen molar-refractivity contribution in [3.8, 4) is 0 Å². The van der Waals surface area contributed by atoms with Crippen LogP contribution in [0.1, 0.15) is 43.5 Å². The molecule has 1 aliphatic heterocycles. The topological polar surface area (TPSA) is 19.0 Å². The Morgan fingerprint density at radius 1 is 1.00 bits per heavy atom. The summed E-state index contributed by atoms with van der Waals surface area (Å²) < 4.78 is 26.7. The number of hydrogen-bond acceptors (Lipinski definition) is 1. The van der Waals surface area contributed by atoms with Crippen LogP contribution in [0.25, 0.3) is 10.9 Å². The molecule has 1 fully saturated rings. The Hall–Kier alpha value is -2.20. The fraction of sp³-hybridized carbons (Fsp3) is 0.333. The highest BCUT2D eigenvalue weighted by molar-refractivity contribution is 5.80. The number of nitrogens with one attached hydrogen (secondary N) is 1. The van der Waals surface area contributed by atoms with Gasteiger partial charge in [-0.3, -0.25) is 4.90 Å². The van der Waals surface area contributed by atoms with E-state index in [1.807, 2.05) is 12.1 Å². The molecule has 2 atom stereocenters. The molecule has 0 amide bonds. The molecule has 2 heterocycles. The number of hydrogen-bond donors (Lipinski definition) is 1. The van der Waals surface area contributed by atoms with E-state index in [-0.39, 0.29) is 17.7 Å². The number of aromatic nitrogens is 1. The van der Waals surface area contributed by atoms with Crippen LogP contribution in [0.15, 0.2) is 48.5 Å². The van der Waals surface area contributed by atoms with Crippen molar-refractivity contribution < 1.29 is 8.78 Å². The Balaban J connectivity index is 1.65. The number of piperidine rings is 1. The standard InChI is InChI=1S/C21H22F2N2/c1-14-3-2-4-21(25(14)13-15-5-7-17(22)8-6-15)20-12-16-11-18(23)9-10-19(16)24-20/h5-12,14,21,24H,2-4,13H2,1H3. The molecule has 2 aromatic carbocycles. The Bertz CT molecular complexity index is 869. The molecule has 0 spiro atoms. The first-order valence-corrected chi connectivity index (χ1v) is 8.88. The predicted molar refractivity (Wildman–Crippen MR) is 96.3 cm³/mol. The van der Waals surface area contributed by atoms with Gasteiger partial charge in [-0.05, 0) is 68.1 Å². The van der Waals surface area contributed by atoms with Gasteiger partial charge in [0.05, 0.1) is 6.04 Å². The maximum Gasteiger partial charge on any atom is 0.123 e. The summed E-state index contributed by atoms with van der Waals surface area (Å²) in [4.78, 5) is 5.94. The highest BCUT2D eigenvalue weighted by atomic mass is 19.1. The van der Waals surface area contributed by atoms with Gasteiger partial charge in [0.2, 0.25) is 0 Å². The van der Waals surface area contributed by atoms with Gasteiger partial charge in [0.1, 0.15) is 11.6 Å². The van der Waals surface area contributed by atoms with Gasteiger partial charge in [-0.1, -0.05) is 12.1 Å². The van der Waals surface area contributed by atoms with Gasteiger partial charge in [0.15, 0.2) is 0 Å². The van der Waals surface area contributed by atoms with E-state index < -0.39 is 0 Å². The van der Waals surface area contributed by atoms with Gasteiger partial charge in [-0.15, -0.1) is 0 Å². The maximum absolute atomic E-state index is 13.5. The Kier molecular flexibility index (Phi) is 4.30. The van der Waals surface area contributed by atoms with Crippen LogP contribution in [0.5, 0.6) is 0 Å². The van der Waals surface area contributed by atoms with E-state index in [2.05, 4.69) is 22.9 Å². The molecule has 130 valence electrons. The first-order valence-electron chi connectivity index (χ1n) is 8.88. The molecule has 1 aliphatic rings. The van der Waals surface area contributed by atoms with Crippen molar-refractivity contribution in [3.63, 3.8) is 0 Å². The number of nitrogens with zero attached hydrogens (tertiary/aromatic N) is 1. The number of likely N-dealkylation sites (tertiary alicyclic amines) is 1. The van der Waals surface area contributed by atoms with E-state index in [1.54, 1.807) is 12.1 Å². The summed E-state index contributed by atoms with van der Waals surface area (Å²) in [5.74, 6) is -0.414. The third-order valence-electron chi connectivity index (χ3n) is 5.31. The molecule has 3 aromatic rings. The molecule has 0 bridgehead atoms. The van der Waals surface area contributed by atoms with E-state index in [0.29, 0.717) is 6.04 Å². The second-order valence-electron chi connectivity index (χ2n) is 7.05. The van der Waals surface area contributed by atoms with Crippen molar-refractivity contribution in [1.82, 2.24) is 9.88 Å².